The molecule has 0 unspecified atom stereocenters. The third kappa shape index (κ3) is 5.79. The van der Waals surface area contributed by atoms with Crippen LogP contribution in [0.25, 0.3) is 11.1 Å². The van der Waals surface area contributed by atoms with Crippen molar-refractivity contribution in [3.63, 3.8) is 0 Å². The summed E-state index contributed by atoms with van der Waals surface area (Å²) in [4.78, 5) is 20.6. The molecular formula is C23H21ClFN5O. The van der Waals surface area contributed by atoms with Gasteiger partial charge in [-0.05, 0) is 56.1 Å². The van der Waals surface area contributed by atoms with Crippen LogP contribution in [0.4, 0.5) is 20.6 Å². The molecule has 31 heavy (non-hydrogen) atoms. The summed E-state index contributed by atoms with van der Waals surface area (Å²) in [6, 6.07) is 14.9. The van der Waals surface area contributed by atoms with Gasteiger partial charge in [-0.3, -0.25) is 9.88 Å². The maximum absolute atomic E-state index is 13.4. The summed E-state index contributed by atoms with van der Waals surface area (Å²) >= 11 is 5.82. The van der Waals surface area contributed by atoms with Gasteiger partial charge in [0.05, 0.1) is 10.6 Å². The number of anilines is 2. The average molecular weight is 438 g/mol. The lowest BCUT2D eigenvalue weighted by Crippen LogP contribution is -2.39. The summed E-state index contributed by atoms with van der Waals surface area (Å²) in [6.45, 7) is 1.09. The minimum absolute atomic E-state index is 0.0600. The van der Waals surface area contributed by atoms with E-state index >= 15 is 0 Å². The van der Waals surface area contributed by atoms with Crippen LogP contribution in [0.3, 0.4) is 0 Å². The minimum Gasteiger partial charge on any atom is -0.308 e. The number of halogens is 2. The van der Waals surface area contributed by atoms with Gasteiger partial charge in [0.1, 0.15) is 11.9 Å². The fraction of sp³-hybridized carbons (Fsp3) is 0.174. The van der Waals surface area contributed by atoms with Crippen LogP contribution in [0.1, 0.15) is 5.56 Å². The molecular weight excluding hydrogens is 417 g/mol. The molecule has 1 heterocycles. The van der Waals surface area contributed by atoms with E-state index in [0.29, 0.717) is 30.0 Å². The first-order valence-corrected chi connectivity index (χ1v) is 9.89. The number of carbonyl (C=O) groups excluding carboxylic acids is 1. The zero-order chi connectivity index (χ0) is 22.4. The fourth-order valence-corrected chi connectivity index (χ4v) is 3.09. The molecule has 1 N–H and O–H groups in total. The molecule has 0 saturated heterocycles. The van der Waals surface area contributed by atoms with Gasteiger partial charge in [0, 0.05) is 42.4 Å². The van der Waals surface area contributed by atoms with E-state index in [1.54, 1.807) is 17.2 Å². The van der Waals surface area contributed by atoms with Crippen LogP contribution in [-0.4, -0.2) is 43.1 Å². The molecule has 8 heteroatoms. The molecule has 0 aliphatic rings. The Bertz CT molecular complexity index is 1110. The zero-order valence-electron chi connectivity index (χ0n) is 17.1. The van der Waals surface area contributed by atoms with Crippen molar-refractivity contribution in [1.29, 1.82) is 5.26 Å². The van der Waals surface area contributed by atoms with Crippen LogP contribution in [-0.2, 0) is 0 Å². The van der Waals surface area contributed by atoms with Gasteiger partial charge in [-0.15, -0.1) is 0 Å². The highest BCUT2D eigenvalue weighted by Gasteiger charge is 2.17. The Kier molecular flexibility index (Phi) is 7.19. The number of nitrogens with zero attached hydrogens (tertiary/aromatic N) is 4. The quantitative estimate of drug-likeness (QED) is 0.588. The number of rotatable bonds is 6. The highest BCUT2D eigenvalue weighted by molar-refractivity contribution is 6.31. The van der Waals surface area contributed by atoms with E-state index in [4.69, 9.17) is 16.9 Å². The van der Waals surface area contributed by atoms with Crippen LogP contribution in [0, 0.1) is 17.1 Å². The predicted molar refractivity (Wildman–Crippen MR) is 121 cm³/mol. The molecule has 0 radical (unpaired) electrons. The molecule has 0 saturated carbocycles. The number of hydrogen-bond acceptors (Lipinski definition) is 4. The molecule has 0 atom stereocenters. The summed E-state index contributed by atoms with van der Waals surface area (Å²) in [5, 5.41) is 11.8. The van der Waals surface area contributed by atoms with Crippen LogP contribution in [0.5, 0.6) is 0 Å². The number of aromatic nitrogens is 1. The van der Waals surface area contributed by atoms with Crippen molar-refractivity contribution in [1.82, 2.24) is 9.88 Å². The molecule has 3 rings (SSSR count). The van der Waals surface area contributed by atoms with E-state index in [1.807, 2.05) is 43.3 Å². The van der Waals surface area contributed by atoms with Crippen molar-refractivity contribution in [3.8, 4) is 17.2 Å². The second-order valence-corrected chi connectivity index (χ2v) is 7.54. The number of nitrogens with one attached hydrogen (secondary N) is 1. The topological polar surface area (TPSA) is 72.3 Å². The van der Waals surface area contributed by atoms with Gasteiger partial charge in [-0.25, -0.2) is 9.18 Å². The van der Waals surface area contributed by atoms with Crippen molar-refractivity contribution in [2.24, 2.45) is 0 Å². The lowest BCUT2D eigenvalue weighted by atomic mass is 10.1. The molecule has 0 aliphatic heterocycles. The van der Waals surface area contributed by atoms with E-state index in [0.717, 1.165) is 11.1 Å². The fourth-order valence-electron chi connectivity index (χ4n) is 2.91. The van der Waals surface area contributed by atoms with Crippen molar-refractivity contribution in [2.75, 3.05) is 37.4 Å². The molecule has 0 bridgehead atoms. The predicted octanol–water partition coefficient (Wildman–Crippen LogP) is 5.01. The largest absolute Gasteiger partial charge is 0.326 e. The average Bonchev–Trinajstić information content (AvgIpc) is 2.76. The number of urea groups is 1. The number of benzene rings is 2. The molecule has 0 spiro atoms. The van der Waals surface area contributed by atoms with Gasteiger partial charge in [-0.2, -0.15) is 5.26 Å². The van der Waals surface area contributed by atoms with Gasteiger partial charge in [0.15, 0.2) is 0 Å². The summed E-state index contributed by atoms with van der Waals surface area (Å²) in [6.07, 6.45) is 3.19. The smallest absolute Gasteiger partial charge is 0.308 e. The van der Waals surface area contributed by atoms with Gasteiger partial charge in [0.25, 0.3) is 0 Å². The van der Waals surface area contributed by atoms with E-state index in [1.165, 1.54) is 24.4 Å². The van der Waals surface area contributed by atoms with Crippen molar-refractivity contribution < 1.29 is 9.18 Å². The molecule has 3 aromatic rings. The first-order chi connectivity index (χ1) is 14.9. The molecule has 0 fully saturated rings. The Labute approximate surface area is 185 Å². The number of pyridine rings is 1. The van der Waals surface area contributed by atoms with Crippen LogP contribution < -0.4 is 10.2 Å². The Morgan fingerprint density at radius 2 is 1.84 bits per heavy atom. The van der Waals surface area contributed by atoms with Gasteiger partial charge in [0.2, 0.25) is 0 Å². The minimum atomic E-state index is -0.547. The highest BCUT2D eigenvalue weighted by Crippen LogP contribution is 2.25. The Morgan fingerprint density at radius 1 is 1.10 bits per heavy atom. The van der Waals surface area contributed by atoms with Crippen molar-refractivity contribution in [3.05, 3.63) is 77.3 Å². The second-order valence-electron chi connectivity index (χ2n) is 7.13. The maximum atomic E-state index is 13.4. The first-order valence-electron chi connectivity index (χ1n) is 9.51. The number of nitriles is 1. The zero-order valence-corrected chi connectivity index (χ0v) is 17.9. The van der Waals surface area contributed by atoms with Crippen molar-refractivity contribution >= 4 is 29.0 Å². The lowest BCUT2D eigenvalue weighted by Gasteiger charge is -2.25. The molecule has 158 valence electrons. The van der Waals surface area contributed by atoms with Crippen molar-refractivity contribution in [2.45, 2.75) is 0 Å². The van der Waals surface area contributed by atoms with Gasteiger partial charge >= 0.3 is 6.03 Å². The van der Waals surface area contributed by atoms with E-state index in [2.05, 4.69) is 16.4 Å². The van der Waals surface area contributed by atoms with Gasteiger partial charge < -0.3 is 10.2 Å². The first kappa shape index (κ1) is 22.2. The van der Waals surface area contributed by atoms with Crippen LogP contribution >= 0.6 is 11.6 Å². The molecule has 1 aromatic heterocycles. The third-order valence-corrected chi connectivity index (χ3v) is 4.86. The maximum Gasteiger partial charge on any atom is 0.326 e. The second kappa shape index (κ2) is 10.0. The summed E-state index contributed by atoms with van der Waals surface area (Å²) in [5.74, 6) is -0.547. The Morgan fingerprint density at radius 3 is 2.48 bits per heavy atom. The Hall–Kier alpha value is -3.47. The number of hydrogen-bond donors (Lipinski definition) is 1. The van der Waals surface area contributed by atoms with E-state index < -0.39 is 5.82 Å². The third-order valence-electron chi connectivity index (χ3n) is 4.57. The van der Waals surface area contributed by atoms with E-state index in [9.17, 15) is 9.18 Å². The molecule has 2 aromatic carbocycles. The number of likely N-dealkylation sites (N-methyl/N-ethyl adjacent to an activating group) is 1. The number of amides is 2. The van der Waals surface area contributed by atoms with Crippen LogP contribution in [0.2, 0.25) is 5.02 Å². The summed E-state index contributed by atoms with van der Waals surface area (Å²) in [5.41, 5.74) is 3.27. The summed E-state index contributed by atoms with van der Waals surface area (Å²) < 4.78 is 13.4. The molecule has 2 amide bonds. The number of carbonyl (C=O) groups is 1. The Balaban J connectivity index is 1.84. The standard InChI is InChI=1S/C23H21ClFN5O/c1-29(2)9-10-30(23(31)28-19-5-8-22(25)21(24)12-19)20-6-3-17(4-7-20)18-11-16(13-26)14-27-15-18/h3-8,11-12,14-15H,9-10H2,1-2H3,(H,28,31). The molecule has 6 nitrogen and oxygen atoms in total. The lowest BCUT2D eigenvalue weighted by molar-refractivity contribution is 0.256. The highest BCUT2D eigenvalue weighted by atomic mass is 35.5. The normalized spacial score (nSPS) is 10.6. The SMILES string of the molecule is CN(C)CCN(C(=O)Nc1ccc(F)c(Cl)c1)c1ccc(-c2cncc(C#N)c2)cc1. The summed E-state index contributed by atoms with van der Waals surface area (Å²) in [7, 11) is 3.85. The van der Waals surface area contributed by atoms with Gasteiger partial charge in [-0.1, -0.05) is 23.7 Å². The molecule has 0 aliphatic carbocycles. The van der Waals surface area contributed by atoms with Crippen LogP contribution in [0.15, 0.2) is 60.9 Å². The van der Waals surface area contributed by atoms with E-state index in [-0.39, 0.29) is 11.1 Å². The monoisotopic (exact) mass is 437 g/mol.